The fourth-order valence-corrected chi connectivity index (χ4v) is 4.06. The van der Waals surface area contributed by atoms with E-state index in [9.17, 15) is 9.59 Å². The number of thiazole rings is 1. The summed E-state index contributed by atoms with van der Waals surface area (Å²) in [7, 11) is 0. The third-order valence-corrected chi connectivity index (χ3v) is 5.47. The summed E-state index contributed by atoms with van der Waals surface area (Å²) in [5, 5.41) is 0.677. The predicted molar refractivity (Wildman–Crippen MR) is 112 cm³/mol. The molecule has 0 saturated carbocycles. The fraction of sp³-hybridized carbons (Fsp3) is 0.150. The van der Waals surface area contributed by atoms with Gasteiger partial charge >= 0.3 is 5.97 Å². The van der Waals surface area contributed by atoms with E-state index in [-0.39, 0.29) is 10.6 Å². The first-order valence-corrected chi connectivity index (χ1v) is 9.97. The van der Waals surface area contributed by atoms with Crippen molar-refractivity contribution < 1.29 is 14.3 Å². The first kappa shape index (κ1) is 20.3. The Morgan fingerprint density at radius 3 is 2.75 bits per heavy atom. The van der Waals surface area contributed by atoms with Crippen molar-refractivity contribution in [3.05, 3.63) is 75.0 Å². The van der Waals surface area contributed by atoms with Crippen LogP contribution in [0.15, 0.2) is 54.0 Å². The molecule has 3 rings (SSSR count). The second-order valence-electron chi connectivity index (χ2n) is 5.73. The molecular formula is C20H16Cl2N2O3S. The molecule has 0 atom stereocenters. The van der Waals surface area contributed by atoms with Crippen LogP contribution in [0.4, 0.5) is 0 Å². The van der Waals surface area contributed by atoms with E-state index in [1.54, 1.807) is 43.3 Å². The van der Waals surface area contributed by atoms with Gasteiger partial charge in [-0.05, 0) is 43.3 Å². The minimum atomic E-state index is -0.498. The van der Waals surface area contributed by atoms with Crippen LogP contribution in [0.5, 0.6) is 0 Å². The lowest BCUT2D eigenvalue weighted by molar-refractivity contribution is 0.0526. The lowest BCUT2D eigenvalue weighted by Gasteiger charge is -2.04. The Hall–Kier alpha value is -2.41. The second kappa shape index (κ2) is 8.73. The molecule has 0 spiro atoms. The maximum absolute atomic E-state index is 12.7. The van der Waals surface area contributed by atoms with Gasteiger partial charge in [-0.25, -0.2) is 4.79 Å². The molecule has 2 aromatic carbocycles. The van der Waals surface area contributed by atoms with E-state index in [0.717, 1.165) is 10.2 Å². The number of carbonyl (C=O) groups is 2. The number of halogens is 2. The van der Waals surface area contributed by atoms with Crippen molar-refractivity contribution in [3.8, 4) is 0 Å². The predicted octanol–water partition coefficient (Wildman–Crippen LogP) is 5.11. The summed E-state index contributed by atoms with van der Waals surface area (Å²) in [6.45, 7) is 6.27. The quantitative estimate of drug-likeness (QED) is 0.413. The normalized spacial score (nSPS) is 11.6. The molecule has 1 aromatic heterocycles. The van der Waals surface area contributed by atoms with Crippen LogP contribution in [-0.4, -0.2) is 23.1 Å². The summed E-state index contributed by atoms with van der Waals surface area (Å²) < 4.78 is 7.69. The molecule has 0 N–H and O–H groups in total. The number of amides is 1. The average Bonchev–Trinajstić information content (AvgIpc) is 3.00. The van der Waals surface area contributed by atoms with Gasteiger partial charge in [0.15, 0.2) is 4.80 Å². The van der Waals surface area contributed by atoms with E-state index in [0.29, 0.717) is 28.5 Å². The summed E-state index contributed by atoms with van der Waals surface area (Å²) in [6.07, 6.45) is 1.71. The topological polar surface area (TPSA) is 60.7 Å². The number of rotatable bonds is 5. The van der Waals surface area contributed by atoms with E-state index in [2.05, 4.69) is 11.6 Å². The summed E-state index contributed by atoms with van der Waals surface area (Å²) in [6, 6.07) is 9.87. The van der Waals surface area contributed by atoms with Crippen molar-refractivity contribution >= 4 is 56.6 Å². The van der Waals surface area contributed by atoms with Crippen LogP contribution in [0.25, 0.3) is 10.2 Å². The molecule has 28 heavy (non-hydrogen) atoms. The smallest absolute Gasteiger partial charge is 0.338 e. The van der Waals surface area contributed by atoms with Gasteiger partial charge in [-0.1, -0.05) is 40.6 Å². The molecule has 5 nitrogen and oxygen atoms in total. The number of aromatic nitrogens is 1. The van der Waals surface area contributed by atoms with E-state index in [1.165, 1.54) is 17.4 Å². The Morgan fingerprint density at radius 2 is 2.04 bits per heavy atom. The zero-order valence-electron chi connectivity index (χ0n) is 14.9. The van der Waals surface area contributed by atoms with Crippen LogP contribution in [-0.2, 0) is 11.3 Å². The first-order chi connectivity index (χ1) is 13.4. The first-order valence-electron chi connectivity index (χ1n) is 8.40. The maximum Gasteiger partial charge on any atom is 0.338 e. The maximum atomic E-state index is 12.7. The van der Waals surface area contributed by atoms with Crippen LogP contribution in [0.1, 0.15) is 27.6 Å². The number of carbonyl (C=O) groups excluding carboxylic acids is 2. The molecule has 0 radical (unpaired) electrons. The largest absolute Gasteiger partial charge is 0.462 e. The van der Waals surface area contributed by atoms with Crippen molar-refractivity contribution in [2.24, 2.45) is 4.99 Å². The van der Waals surface area contributed by atoms with Gasteiger partial charge in [0.2, 0.25) is 0 Å². The second-order valence-corrected chi connectivity index (χ2v) is 7.58. The Kier molecular flexibility index (Phi) is 6.34. The summed E-state index contributed by atoms with van der Waals surface area (Å²) >= 11 is 13.4. The molecular weight excluding hydrogens is 419 g/mol. The summed E-state index contributed by atoms with van der Waals surface area (Å²) in [5.74, 6) is -0.893. The standard InChI is InChI=1S/C20H16Cl2N2O3S/c1-3-9-24-16-8-5-12(19(26)27-4-2)10-17(16)28-20(24)23-18(25)14-11-13(21)6-7-15(14)22/h3,5-8,10-11H,1,4,9H2,2H3. The monoisotopic (exact) mass is 434 g/mol. The Morgan fingerprint density at radius 1 is 1.25 bits per heavy atom. The molecule has 0 bridgehead atoms. The highest BCUT2D eigenvalue weighted by Crippen LogP contribution is 2.23. The van der Waals surface area contributed by atoms with E-state index in [4.69, 9.17) is 27.9 Å². The molecule has 0 aliphatic carbocycles. The number of allylic oxidation sites excluding steroid dienone is 1. The molecule has 3 aromatic rings. The minimum Gasteiger partial charge on any atom is -0.462 e. The molecule has 0 fully saturated rings. The zero-order valence-corrected chi connectivity index (χ0v) is 17.3. The van der Waals surface area contributed by atoms with Gasteiger partial charge in [0, 0.05) is 11.6 Å². The lowest BCUT2D eigenvalue weighted by Crippen LogP contribution is -2.16. The summed E-state index contributed by atoms with van der Waals surface area (Å²) in [5.41, 5.74) is 1.50. The van der Waals surface area contributed by atoms with E-state index in [1.807, 2.05) is 4.57 Å². The van der Waals surface area contributed by atoms with Gasteiger partial charge in [-0.2, -0.15) is 4.99 Å². The number of nitrogens with zero attached hydrogens (tertiary/aromatic N) is 2. The van der Waals surface area contributed by atoms with Gasteiger partial charge in [0.05, 0.1) is 33.0 Å². The Labute approximate surface area is 175 Å². The fourth-order valence-electron chi connectivity index (χ4n) is 2.61. The van der Waals surface area contributed by atoms with Gasteiger partial charge in [0.1, 0.15) is 0 Å². The third kappa shape index (κ3) is 4.19. The van der Waals surface area contributed by atoms with Crippen molar-refractivity contribution in [1.82, 2.24) is 4.57 Å². The molecule has 0 unspecified atom stereocenters. The molecule has 144 valence electrons. The van der Waals surface area contributed by atoms with Crippen LogP contribution in [0, 0.1) is 0 Å². The van der Waals surface area contributed by atoms with Gasteiger partial charge in [-0.3, -0.25) is 4.79 Å². The van der Waals surface area contributed by atoms with Gasteiger partial charge in [-0.15, -0.1) is 6.58 Å². The number of hydrogen-bond acceptors (Lipinski definition) is 4. The average molecular weight is 435 g/mol. The zero-order chi connectivity index (χ0) is 20.3. The van der Waals surface area contributed by atoms with Crippen molar-refractivity contribution in [2.75, 3.05) is 6.61 Å². The van der Waals surface area contributed by atoms with Crippen LogP contribution in [0.3, 0.4) is 0 Å². The molecule has 0 aliphatic rings. The third-order valence-electron chi connectivity index (χ3n) is 3.86. The van der Waals surface area contributed by atoms with Crippen molar-refractivity contribution in [1.29, 1.82) is 0 Å². The molecule has 1 amide bonds. The molecule has 1 heterocycles. The van der Waals surface area contributed by atoms with Crippen LogP contribution < -0.4 is 4.80 Å². The highest BCUT2D eigenvalue weighted by molar-refractivity contribution is 7.16. The molecule has 0 saturated heterocycles. The molecule has 8 heteroatoms. The summed E-state index contributed by atoms with van der Waals surface area (Å²) in [4.78, 5) is 29.4. The highest BCUT2D eigenvalue weighted by Gasteiger charge is 2.14. The number of benzene rings is 2. The lowest BCUT2D eigenvalue weighted by atomic mass is 10.2. The highest BCUT2D eigenvalue weighted by atomic mass is 35.5. The van der Waals surface area contributed by atoms with E-state index >= 15 is 0 Å². The Bertz CT molecular complexity index is 1150. The van der Waals surface area contributed by atoms with Gasteiger partial charge in [0.25, 0.3) is 5.91 Å². The van der Waals surface area contributed by atoms with Crippen LogP contribution >= 0.6 is 34.5 Å². The number of hydrogen-bond donors (Lipinski definition) is 0. The molecule has 0 aliphatic heterocycles. The minimum absolute atomic E-state index is 0.226. The SMILES string of the molecule is C=CCn1c(=NC(=O)c2cc(Cl)ccc2Cl)sc2cc(C(=O)OCC)ccc21. The number of esters is 1. The Balaban J connectivity index is 2.13. The van der Waals surface area contributed by atoms with Gasteiger partial charge < -0.3 is 9.30 Å². The van der Waals surface area contributed by atoms with Crippen molar-refractivity contribution in [3.63, 3.8) is 0 Å². The number of ether oxygens (including phenoxy) is 1. The number of fused-ring (bicyclic) bond motifs is 1. The van der Waals surface area contributed by atoms with Crippen molar-refractivity contribution in [2.45, 2.75) is 13.5 Å². The van der Waals surface area contributed by atoms with E-state index < -0.39 is 11.9 Å². The van der Waals surface area contributed by atoms with Crippen LogP contribution in [0.2, 0.25) is 10.0 Å².